The second-order valence-corrected chi connectivity index (χ2v) is 8.56. The van der Waals surface area contributed by atoms with E-state index < -0.39 is 12.0 Å². The van der Waals surface area contributed by atoms with Gasteiger partial charge in [0.1, 0.15) is 11.5 Å². The van der Waals surface area contributed by atoms with Crippen molar-refractivity contribution in [3.8, 4) is 11.5 Å². The van der Waals surface area contributed by atoms with Gasteiger partial charge in [0, 0.05) is 5.56 Å². The Hall–Kier alpha value is -3.65. The number of rotatable bonds is 7. The highest BCUT2D eigenvalue weighted by atomic mass is 32.1. The number of allylic oxidation sites excluding steroid dienone is 1. The molecule has 4 rings (SSSR count). The number of hydrogen-bond acceptors (Lipinski definition) is 7. The Morgan fingerprint density at radius 3 is 2.47 bits per heavy atom. The van der Waals surface area contributed by atoms with Crippen molar-refractivity contribution < 1.29 is 19.0 Å². The molecule has 0 amide bonds. The number of methoxy groups -OCH3 is 1. The summed E-state index contributed by atoms with van der Waals surface area (Å²) in [4.78, 5) is 31.5. The van der Waals surface area contributed by atoms with Crippen LogP contribution < -0.4 is 24.4 Å². The van der Waals surface area contributed by atoms with Crippen LogP contribution >= 0.6 is 11.3 Å². The first-order chi connectivity index (χ1) is 16.5. The quantitative estimate of drug-likeness (QED) is 0.488. The van der Waals surface area contributed by atoms with Gasteiger partial charge in [-0.25, -0.2) is 9.79 Å². The van der Waals surface area contributed by atoms with Crippen LogP contribution in [0, 0.1) is 0 Å². The molecule has 7 nitrogen and oxygen atoms in total. The highest BCUT2D eigenvalue weighted by Gasteiger charge is 2.33. The second-order valence-electron chi connectivity index (χ2n) is 7.55. The molecule has 0 N–H and O–H groups in total. The van der Waals surface area contributed by atoms with Crippen molar-refractivity contribution in [3.63, 3.8) is 0 Å². The number of para-hydroxylation sites is 1. The summed E-state index contributed by atoms with van der Waals surface area (Å²) in [5.41, 5.74) is 2.19. The number of benzene rings is 2. The molecule has 1 atom stereocenters. The normalized spacial score (nSPS) is 15.5. The van der Waals surface area contributed by atoms with Crippen LogP contribution in [0.1, 0.15) is 37.9 Å². The van der Waals surface area contributed by atoms with E-state index in [2.05, 4.69) is 4.99 Å². The molecule has 2 aromatic carbocycles. The van der Waals surface area contributed by atoms with E-state index in [0.717, 1.165) is 11.1 Å². The molecule has 0 radical (unpaired) electrons. The minimum atomic E-state index is -0.663. The summed E-state index contributed by atoms with van der Waals surface area (Å²) in [6.45, 7) is 6.65. The fraction of sp³-hybridized carbons (Fsp3) is 0.269. The monoisotopic (exact) mass is 478 g/mol. The minimum absolute atomic E-state index is 0.233. The van der Waals surface area contributed by atoms with E-state index in [-0.39, 0.29) is 5.56 Å². The zero-order chi connectivity index (χ0) is 24.2. The Bertz CT molecular complexity index is 1420. The van der Waals surface area contributed by atoms with Crippen molar-refractivity contribution in [2.75, 3.05) is 20.3 Å². The molecule has 2 heterocycles. The predicted octanol–water partition coefficient (Wildman–Crippen LogP) is 3.21. The number of fused-ring (bicyclic) bond motifs is 1. The van der Waals surface area contributed by atoms with Gasteiger partial charge in [0.15, 0.2) is 4.80 Å². The standard InChI is InChI=1S/C26H26N2O5S/c1-5-32-19-13-11-17(12-14-19)23-22(25(30)31-4)16(3)27-26-28(23)24(29)21(34-26)15-18-9-7-8-10-20(18)33-6-2/h7-15,23H,5-6H2,1-4H3. The Morgan fingerprint density at radius 1 is 1.09 bits per heavy atom. The maximum atomic E-state index is 13.6. The van der Waals surface area contributed by atoms with Crippen molar-refractivity contribution in [2.24, 2.45) is 4.99 Å². The van der Waals surface area contributed by atoms with Crippen molar-refractivity contribution in [1.82, 2.24) is 4.57 Å². The van der Waals surface area contributed by atoms with Crippen LogP contribution in [-0.2, 0) is 9.53 Å². The molecule has 0 aliphatic carbocycles. The number of thiazole rings is 1. The molecule has 0 spiro atoms. The van der Waals surface area contributed by atoms with Crippen molar-refractivity contribution >= 4 is 23.4 Å². The lowest BCUT2D eigenvalue weighted by Gasteiger charge is -2.24. The number of ether oxygens (including phenoxy) is 3. The smallest absolute Gasteiger partial charge is 0.338 e. The van der Waals surface area contributed by atoms with Crippen molar-refractivity contribution in [1.29, 1.82) is 0 Å². The fourth-order valence-corrected chi connectivity index (χ4v) is 4.99. The summed E-state index contributed by atoms with van der Waals surface area (Å²) < 4.78 is 18.4. The molecule has 176 valence electrons. The van der Waals surface area contributed by atoms with Gasteiger partial charge in [0.05, 0.1) is 42.2 Å². The zero-order valence-electron chi connectivity index (χ0n) is 19.5. The first-order valence-corrected chi connectivity index (χ1v) is 11.9. The zero-order valence-corrected chi connectivity index (χ0v) is 20.3. The minimum Gasteiger partial charge on any atom is -0.494 e. The Labute approximate surface area is 201 Å². The predicted molar refractivity (Wildman–Crippen MR) is 131 cm³/mol. The Morgan fingerprint density at radius 2 is 1.79 bits per heavy atom. The number of hydrogen-bond donors (Lipinski definition) is 0. The summed E-state index contributed by atoms with van der Waals surface area (Å²) in [7, 11) is 1.33. The van der Waals surface area contributed by atoms with Crippen molar-refractivity contribution in [2.45, 2.75) is 26.8 Å². The summed E-state index contributed by atoms with van der Waals surface area (Å²) in [5, 5.41) is 0. The molecular formula is C26H26N2O5S. The molecule has 34 heavy (non-hydrogen) atoms. The molecule has 0 fully saturated rings. The summed E-state index contributed by atoms with van der Waals surface area (Å²) in [5.74, 6) is 0.896. The van der Waals surface area contributed by atoms with E-state index in [1.54, 1.807) is 17.6 Å². The first-order valence-electron chi connectivity index (χ1n) is 11.0. The van der Waals surface area contributed by atoms with Crippen LogP contribution in [0.2, 0.25) is 0 Å². The Balaban J connectivity index is 1.92. The Kier molecular flexibility index (Phi) is 6.98. The molecule has 1 aliphatic rings. The van der Waals surface area contributed by atoms with Gasteiger partial charge in [0.2, 0.25) is 0 Å². The highest BCUT2D eigenvalue weighted by Crippen LogP contribution is 2.31. The van der Waals surface area contributed by atoms with Crippen LogP contribution in [0.15, 0.2) is 69.6 Å². The third-order valence-electron chi connectivity index (χ3n) is 5.44. The topological polar surface area (TPSA) is 79.1 Å². The third-order valence-corrected chi connectivity index (χ3v) is 6.42. The van der Waals surface area contributed by atoms with Crippen LogP contribution in [0.25, 0.3) is 6.08 Å². The first kappa shape index (κ1) is 23.5. The number of aromatic nitrogens is 1. The van der Waals surface area contributed by atoms with Gasteiger partial charge >= 0.3 is 5.97 Å². The van der Waals surface area contributed by atoms with E-state index in [9.17, 15) is 9.59 Å². The van der Waals surface area contributed by atoms with E-state index in [4.69, 9.17) is 14.2 Å². The number of nitrogens with zero attached hydrogens (tertiary/aromatic N) is 2. The van der Waals surface area contributed by atoms with Crippen LogP contribution in [0.3, 0.4) is 0 Å². The van der Waals surface area contributed by atoms with Gasteiger partial charge in [-0.05, 0) is 50.6 Å². The fourth-order valence-electron chi connectivity index (χ4n) is 3.95. The molecular weight excluding hydrogens is 452 g/mol. The maximum Gasteiger partial charge on any atom is 0.338 e. The van der Waals surface area contributed by atoms with Crippen molar-refractivity contribution in [3.05, 3.63) is 90.6 Å². The van der Waals surface area contributed by atoms with Gasteiger partial charge in [-0.1, -0.05) is 41.7 Å². The summed E-state index contributed by atoms with van der Waals surface area (Å²) >= 11 is 1.28. The highest BCUT2D eigenvalue weighted by molar-refractivity contribution is 7.07. The van der Waals surface area contributed by atoms with Crippen LogP contribution in [0.5, 0.6) is 11.5 Å². The summed E-state index contributed by atoms with van der Waals surface area (Å²) in [6, 6.07) is 14.3. The number of esters is 1. The van der Waals surface area contributed by atoms with E-state index >= 15 is 0 Å². The average molecular weight is 479 g/mol. The summed E-state index contributed by atoms with van der Waals surface area (Å²) in [6.07, 6.45) is 1.81. The SMILES string of the molecule is CCOc1ccc(C2C(C(=O)OC)=C(C)N=c3sc(=Cc4ccccc4OCC)c(=O)n32)cc1. The van der Waals surface area contributed by atoms with Gasteiger partial charge in [-0.3, -0.25) is 9.36 Å². The number of carbonyl (C=O) groups excluding carboxylic acids is 1. The maximum absolute atomic E-state index is 13.6. The van der Waals surface area contributed by atoms with Gasteiger partial charge in [-0.15, -0.1) is 0 Å². The molecule has 0 saturated heterocycles. The molecule has 1 aromatic heterocycles. The van der Waals surface area contributed by atoms with E-state index in [1.807, 2.05) is 62.4 Å². The molecule has 3 aromatic rings. The molecule has 8 heteroatoms. The van der Waals surface area contributed by atoms with Gasteiger partial charge in [0.25, 0.3) is 5.56 Å². The average Bonchev–Trinajstić information content (AvgIpc) is 3.14. The van der Waals surface area contributed by atoms with Crippen LogP contribution in [-0.4, -0.2) is 30.9 Å². The lowest BCUT2D eigenvalue weighted by atomic mass is 9.96. The second kappa shape index (κ2) is 10.1. The van der Waals surface area contributed by atoms with E-state index in [0.29, 0.717) is 45.3 Å². The molecule has 0 bridgehead atoms. The molecule has 1 unspecified atom stereocenters. The largest absolute Gasteiger partial charge is 0.494 e. The number of carbonyl (C=O) groups is 1. The van der Waals surface area contributed by atoms with E-state index in [1.165, 1.54) is 18.4 Å². The third kappa shape index (κ3) is 4.41. The van der Waals surface area contributed by atoms with Gasteiger partial charge < -0.3 is 14.2 Å². The molecule has 0 saturated carbocycles. The lowest BCUT2D eigenvalue weighted by molar-refractivity contribution is -0.136. The van der Waals surface area contributed by atoms with Gasteiger partial charge in [-0.2, -0.15) is 0 Å². The van der Waals surface area contributed by atoms with Crippen LogP contribution in [0.4, 0.5) is 0 Å². The lowest BCUT2D eigenvalue weighted by Crippen LogP contribution is -2.39. The molecule has 1 aliphatic heterocycles.